The number of aliphatic hydroxyl groups excluding tert-OH is 1. The van der Waals surface area contributed by atoms with Gasteiger partial charge in [-0.25, -0.2) is 0 Å². The molecule has 2 aromatic heterocycles. The molecule has 0 aliphatic rings. The van der Waals surface area contributed by atoms with Crippen LogP contribution in [0.25, 0.3) is 5.52 Å². The monoisotopic (exact) mass is 204 g/mol. The van der Waals surface area contributed by atoms with E-state index in [-0.39, 0.29) is 0 Å². The van der Waals surface area contributed by atoms with Crippen molar-refractivity contribution in [2.45, 2.75) is 6.10 Å². The lowest BCUT2D eigenvalue weighted by atomic mass is 10.1. The highest BCUT2D eigenvalue weighted by molar-refractivity contribution is 5.56. The molecule has 0 fully saturated rings. The minimum Gasteiger partial charge on any atom is -0.387 e. The maximum Gasteiger partial charge on any atom is 0.0937 e. The summed E-state index contributed by atoms with van der Waals surface area (Å²) >= 11 is 0. The van der Waals surface area contributed by atoms with Gasteiger partial charge >= 0.3 is 0 Å². The van der Waals surface area contributed by atoms with Crippen LogP contribution in [0.1, 0.15) is 11.7 Å². The molecule has 1 N–H and O–H groups in total. The van der Waals surface area contributed by atoms with Gasteiger partial charge in [0.2, 0.25) is 0 Å². The number of fused-ring (bicyclic) bond motifs is 1. The standard InChI is InChI=1S/C12H16N2O/c1-13(2)9-12(15)10-6-8-14-7-4-3-5-11(10)14/h3-8,12,15H,9H2,1-2H3. The Hall–Kier alpha value is -1.32. The molecule has 3 heteroatoms. The normalized spacial score (nSPS) is 13.6. The Labute approximate surface area is 89.6 Å². The maximum atomic E-state index is 10.0. The first-order valence-electron chi connectivity index (χ1n) is 5.07. The van der Waals surface area contributed by atoms with Crippen LogP contribution in [0.4, 0.5) is 0 Å². The molecule has 3 nitrogen and oxygen atoms in total. The number of aliphatic hydroxyl groups is 1. The lowest BCUT2D eigenvalue weighted by Gasteiger charge is -2.15. The number of hydrogen-bond donors (Lipinski definition) is 1. The Morgan fingerprint density at radius 1 is 1.27 bits per heavy atom. The van der Waals surface area contributed by atoms with Crippen LogP contribution in [0.5, 0.6) is 0 Å². The van der Waals surface area contributed by atoms with Gasteiger partial charge in [-0.1, -0.05) is 6.07 Å². The number of hydrogen-bond acceptors (Lipinski definition) is 2. The smallest absolute Gasteiger partial charge is 0.0937 e. The second-order valence-electron chi connectivity index (χ2n) is 4.04. The quantitative estimate of drug-likeness (QED) is 0.821. The highest BCUT2D eigenvalue weighted by Gasteiger charge is 2.12. The molecule has 2 heterocycles. The van der Waals surface area contributed by atoms with Crippen molar-refractivity contribution in [2.75, 3.05) is 20.6 Å². The number of aromatic nitrogens is 1. The minimum absolute atomic E-state index is 0.424. The van der Waals surface area contributed by atoms with Crippen LogP contribution in [-0.2, 0) is 0 Å². The second kappa shape index (κ2) is 4.04. The first-order valence-corrected chi connectivity index (χ1v) is 5.07. The van der Waals surface area contributed by atoms with Crippen LogP contribution in [0.15, 0.2) is 36.7 Å². The number of nitrogens with zero attached hydrogens (tertiary/aromatic N) is 2. The third kappa shape index (κ3) is 2.03. The fourth-order valence-corrected chi connectivity index (χ4v) is 1.80. The predicted octanol–water partition coefficient (Wildman–Crippen LogP) is 1.53. The van der Waals surface area contributed by atoms with Crippen LogP contribution in [0.3, 0.4) is 0 Å². The molecule has 80 valence electrons. The molecule has 0 saturated carbocycles. The molecule has 0 spiro atoms. The third-order valence-corrected chi connectivity index (χ3v) is 2.50. The van der Waals surface area contributed by atoms with Crippen LogP contribution in [0, 0.1) is 0 Å². The van der Waals surface area contributed by atoms with Crippen molar-refractivity contribution in [2.24, 2.45) is 0 Å². The summed E-state index contributed by atoms with van der Waals surface area (Å²) in [6, 6.07) is 7.97. The van der Waals surface area contributed by atoms with Gasteiger partial charge in [-0.15, -0.1) is 0 Å². The maximum absolute atomic E-state index is 10.0. The topological polar surface area (TPSA) is 27.9 Å². The summed E-state index contributed by atoms with van der Waals surface area (Å²) in [7, 11) is 3.92. The van der Waals surface area contributed by atoms with E-state index in [1.165, 1.54) is 0 Å². The van der Waals surface area contributed by atoms with E-state index in [0.717, 1.165) is 11.1 Å². The molecule has 15 heavy (non-hydrogen) atoms. The molecule has 2 aromatic rings. The van der Waals surface area contributed by atoms with Gasteiger partial charge < -0.3 is 14.4 Å². The molecular weight excluding hydrogens is 188 g/mol. The van der Waals surface area contributed by atoms with Crippen LogP contribution in [0.2, 0.25) is 0 Å². The second-order valence-corrected chi connectivity index (χ2v) is 4.04. The largest absolute Gasteiger partial charge is 0.387 e. The highest BCUT2D eigenvalue weighted by atomic mass is 16.3. The van der Waals surface area contributed by atoms with Gasteiger partial charge in [0.25, 0.3) is 0 Å². The van der Waals surface area contributed by atoms with E-state index in [0.29, 0.717) is 6.54 Å². The van der Waals surface area contributed by atoms with E-state index in [1.54, 1.807) is 0 Å². The zero-order chi connectivity index (χ0) is 10.8. The van der Waals surface area contributed by atoms with E-state index in [2.05, 4.69) is 0 Å². The zero-order valence-corrected chi connectivity index (χ0v) is 9.09. The number of pyridine rings is 1. The fourth-order valence-electron chi connectivity index (χ4n) is 1.80. The molecular formula is C12H16N2O. The number of rotatable bonds is 3. The average Bonchev–Trinajstić information content (AvgIpc) is 2.59. The molecule has 0 aromatic carbocycles. The molecule has 1 unspecified atom stereocenters. The van der Waals surface area contributed by atoms with Gasteiger partial charge in [0.05, 0.1) is 11.6 Å². The number of likely N-dealkylation sites (N-methyl/N-ethyl adjacent to an activating group) is 1. The van der Waals surface area contributed by atoms with Crippen LogP contribution < -0.4 is 0 Å². The average molecular weight is 204 g/mol. The van der Waals surface area contributed by atoms with Crippen molar-refractivity contribution in [1.29, 1.82) is 0 Å². The van der Waals surface area contributed by atoms with Gasteiger partial charge in [-0.3, -0.25) is 0 Å². The van der Waals surface area contributed by atoms with Gasteiger partial charge in [-0.05, 0) is 32.3 Å². The van der Waals surface area contributed by atoms with Gasteiger partial charge in [0.1, 0.15) is 0 Å². The zero-order valence-electron chi connectivity index (χ0n) is 9.09. The molecule has 1 atom stereocenters. The van der Waals surface area contributed by atoms with E-state index in [1.807, 2.05) is 60.1 Å². The molecule has 0 radical (unpaired) electrons. The summed E-state index contributed by atoms with van der Waals surface area (Å²) in [5.41, 5.74) is 2.07. The van der Waals surface area contributed by atoms with Gasteiger partial charge in [0.15, 0.2) is 0 Å². The van der Waals surface area contributed by atoms with Crippen LogP contribution in [-0.4, -0.2) is 35.0 Å². The van der Waals surface area contributed by atoms with Crippen molar-refractivity contribution in [1.82, 2.24) is 9.30 Å². The fraction of sp³-hybridized carbons (Fsp3) is 0.333. The summed E-state index contributed by atoms with van der Waals surface area (Å²) in [5, 5.41) is 10.0. The van der Waals surface area contributed by atoms with Gasteiger partial charge in [-0.2, -0.15) is 0 Å². The summed E-state index contributed by atoms with van der Waals surface area (Å²) in [5.74, 6) is 0. The van der Waals surface area contributed by atoms with Crippen molar-refractivity contribution in [3.8, 4) is 0 Å². The van der Waals surface area contributed by atoms with Crippen molar-refractivity contribution < 1.29 is 5.11 Å². The van der Waals surface area contributed by atoms with Crippen LogP contribution >= 0.6 is 0 Å². The Bertz CT molecular complexity index is 448. The predicted molar refractivity (Wildman–Crippen MR) is 60.9 cm³/mol. The lowest BCUT2D eigenvalue weighted by Crippen LogP contribution is -2.19. The molecule has 0 saturated heterocycles. The Balaban J connectivity index is 2.35. The molecule has 0 amide bonds. The SMILES string of the molecule is CN(C)CC(O)c1ccn2ccccc12. The molecule has 2 rings (SSSR count). The summed E-state index contributed by atoms with van der Waals surface area (Å²) in [6.07, 6.45) is 3.54. The molecule has 0 aliphatic carbocycles. The first-order chi connectivity index (χ1) is 7.18. The highest BCUT2D eigenvalue weighted by Crippen LogP contribution is 2.20. The van der Waals surface area contributed by atoms with E-state index in [9.17, 15) is 5.11 Å². The Morgan fingerprint density at radius 3 is 2.80 bits per heavy atom. The third-order valence-electron chi connectivity index (χ3n) is 2.50. The van der Waals surface area contributed by atoms with Crippen molar-refractivity contribution in [3.05, 3.63) is 42.2 Å². The summed E-state index contributed by atoms with van der Waals surface area (Å²) in [6.45, 7) is 0.647. The lowest BCUT2D eigenvalue weighted by molar-refractivity contribution is 0.140. The van der Waals surface area contributed by atoms with E-state index < -0.39 is 6.10 Å². The van der Waals surface area contributed by atoms with Gasteiger partial charge in [0, 0.05) is 24.5 Å². The molecule has 0 bridgehead atoms. The summed E-state index contributed by atoms with van der Waals surface area (Å²) in [4.78, 5) is 1.98. The Morgan fingerprint density at radius 2 is 2.07 bits per heavy atom. The van der Waals surface area contributed by atoms with Crippen molar-refractivity contribution >= 4 is 5.52 Å². The first kappa shape index (κ1) is 10.2. The molecule has 0 aliphatic heterocycles. The Kier molecular flexibility index (Phi) is 2.75. The minimum atomic E-state index is -0.424. The van der Waals surface area contributed by atoms with Crippen molar-refractivity contribution in [3.63, 3.8) is 0 Å². The van der Waals surface area contributed by atoms with E-state index in [4.69, 9.17) is 0 Å². The summed E-state index contributed by atoms with van der Waals surface area (Å²) < 4.78 is 2.02. The van der Waals surface area contributed by atoms with E-state index >= 15 is 0 Å².